The van der Waals surface area contributed by atoms with E-state index in [1.54, 1.807) is 53.9 Å². The zero-order chi connectivity index (χ0) is 19.9. The third-order valence-corrected chi connectivity index (χ3v) is 4.92. The van der Waals surface area contributed by atoms with Crippen LogP contribution in [0.5, 0.6) is 11.5 Å². The lowest BCUT2D eigenvalue weighted by Crippen LogP contribution is -2.17. The Balaban J connectivity index is 1.67. The predicted molar refractivity (Wildman–Crippen MR) is 111 cm³/mol. The average molecular weight is 459 g/mol. The van der Waals surface area contributed by atoms with Gasteiger partial charge in [0, 0.05) is 10.0 Å². The molecule has 0 radical (unpaired) electrons. The van der Waals surface area contributed by atoms with Crippen molar-refractivity contribution in [1.82, 2.24) is 5.43 Å². The van der Waals surface area contributed by atoms with Gasteiger partial charge in [-0.3, -0.25) is 4.79 Å². The fourth-order valence-electron chi connectivity index (χ4n) is 2.25. The van der Waals surface area contributed by atoms with Gasteiger partial charge in [-0.1, -0.05) is 28.1 Å². The number of carbonyl (C=O) groups excluding carboxylic acids is 2. The molecule has 1 aromatic heterocycles. The van der Waals surface area contributed by atoms with Crippen LogP contribution in [-0.4, -0.2) is 25.2 Å². The van der Waals surface area contributed by atoms with E-state index in [0.717, 1.165) is 4.47 Å². The first-order valence-corrected chi connectivity index (χ1v) is 9.77. The van der Waals surface area contributed by atoms with Crippen molar-refractivity contribution in [3.63, 3.8) is 0 Å². The molecule has 8 heteroatoms. The summed E-state index contributed by atoms with van der Waals surface area (Å²) in [6.45, 7) is 0. The summed E-state index contributed by atoms with van der Waals surface area (Å²) in [5, 5.41) is 5.75. The van der Waals surface area contributed by atoms with Crippen molar-refractivity contribution in [1.29, 1.82) is 0 Å². The van der Waals surface area contributed by atoms with Gasteiger partial charge < -0.3 is 9.47 Å². The monoisotopic (exact) mass is 458 g/mol. The number of rotatable bonds is 6. The molecule has 0 saturated carbocycles. The normalized spacial score (nSPS) is 10.6. The Labute approximate surface area is 173 Å². The summed E-state index contributed by atoms with van der Waals surface area (Å²) in [5.41, 5.74) is 3.62. The number of nitrogens with one attached hydrogen (secondary N) is 1. The van der Waals surface area contributed by atoms with Gasteiger partial charge in [-0.05, 0) is 53.4 Å². The standard InChI is InChI=1S/C20H15BrN2O4S/c1-26-17-10-13(7-8-16(17)27-20(25)18-6-3-9-28-18)12-22-23-19(24)14-4-2-5-15(21)11-14/h2-12H,1H3,(H,23,24)/b22-12-. The summed E-state index contributed by atoms with van der Waals surface area (Å²) in [5.74, 6) is -0.0922. The molecule has 0 bridgehead atoms. The second kappa shape index (κ2) is 9.29. The Kier molecular flexibility index (Phi) is 6.57. The maximum absolute atomic E-state index is 12.1. The number of hydrogen-bond donors (Lipinski definition) is 1. The lowest BCUT2D eigenvalue weighted by molar-refractivity contribution is 0.0734. The summed E-state index contributed by atoms with van der Waals surface area (Å²) < 4.78 is 11.5. The first kappa shape index (κ1) is 19.8. The fourth-order valence-corrected chi connectivity index (χ4v) is 3.25. The number of halogens is 1. The number of methoxy groups -OCH3 is 1. The van der Waals surface area contributed by atoms with Crippen LogP contribution < -0.4 is 14.9 Å². The third kappa shape index (κ3) is 5.05. The number of ether oxygens (including phenoxy) is 2. The van der Waals surface area contributed by atoms with Crippen molar-refractivity contribution < 1.29 is 19.1 Å². The summed E-state index contributed by atoms with van der Waals surface area (Å²) in [7, 11) is 1.48. The highest BCUT2D eigenvalue weighted by Crippen LogP contribution is 2.28. The van der Waals surface area contributed by atoms with Gasteiger partial charge in [-0.2, -0.15) is 5.10 Å². The van der Waals surface area contributed by atoms with Crippen molar-refractivity contribution in [2.24, 2.45) is 5.10 Å². The minimum absolute atomic E-state index is 0.302. The van der Waals surface area contributed by atoms with Crippen molar-refractivity contribution in [2.45, 2.75) is 0 Å². The number of hydrazone groups is 1. The maximum atomic E-state index is 12.1. The third-order valence-electron chi connectivity index (χ3n) is 3.58. The lowest BCUT2D eigenvalue weighted by Gasteiger charge is -2.09. The smallest absolute Gasteiger partial charge is 0.353 e. The Morgan fingerprint density at radius 2 is 1.96 bits per heavy atom. The van der Waals surface area contributed by atoms with Crippen LogP contribution in [-0.2, 0) is 0 Å². The van der Waals surface area contributed by atoms with E-state index in [9.17, 15) is 9.59 Å². The number of amides is 1. The van der Waals surface area contributed by atoms with Gasteiger partial charge in [0.2, 0.25) is 0 Å². The number of carbonyl (C=O) groups is 2. The number of benzene rings is 2. The van der Waals surface area contributed by atoms with Crippen LogP contribution in [0.4, 0.5) is 0 Å². The van der Waals surface area contributed by atoms with E-state index in [0.29, 0.717) is 27.5 Å². The van der Waals surface area contributed by atoms with Gasteiger partial charge in [0.15, 0.2) is 11.5 Å². The minimum Gasteiger partial charge on any atom is -0.493 e. The largest absolute Gasteiger partial charge is 0.493 e. The van der Waals surface area contributed by atoms with Crippen molar-refractivity contribution >= 4 is 45.4 Å². The van der Waals surface area contributed by atoms with Crippen LogP contribution in [0.2, 0.25) is 0 Å². The van der Waals surface area contributed by atoms with E-state index in [2.05, 4.69) is 26.5 Å². The van der Waals surface area contributed by atoms with Crippen LogP contribution in [0.1, 0.15) is 25.6 Å². The summed E-state index contributed by atoms with van der Waals surface area (Å²) in [4.78, 5) is 24.7. The molecule has 0 aliphatic heterocycles. The quantitative estimate of drug-likeness (QED) is 0.255. The highest BCUT2D eigenvalue weighted by atomic mass is 79.9. The van der Waals surface area contributed by atoms with Gasteiger partial charge in [-0.25, -0.2) is 10.2 Å². The summed E-state index contributed by atoms with van der Waals surface area (Å²) in [6.07, 6.45) is 1.48. The first-order valence-electron chi connectivity index (χ1n) is 8.09. The molecule has 1 amide bonds. The Hall–Kier alpha value is -2.97. The van der Waals surface area contributed by atoms with Crippen LogP contribution in [0.25, 0.3) is 0 Å². The SMILES string of the molecule is COc1cc(/C=N\NC(=O)c2cccc(Br)c2)ccc1OC(=O)c1cccs1. The van der Waals surface area contributed by atoms with E-state index in [1.807, 2.05) is 6.07 Å². The molecular formula is C20H15BrN2O4S. The zero-order valence-electron chi connectivity index (χ0n) is 14.7. The van der Waals surface area contributed by atoms with Crippen LogP contribution in [0.15, 0.2) is 69.6 Å². The van der Waals surface area contributed by atoms with Crippen molar-refractivity contribution in [3.8, 4) is 11.5 Å². The van der Waals surface area contributed by atoms with E-state index >= 15 is 0 Å². The molecule has 142 valence electrons. The van der Waals surface area contributed by atoms with Gasteiger partial charge in [0.1, 0.15) is 4.88 Å². The predicted octanol–water partition coefficient (Wildman–Crippen LogP) is 4.50. The highest BCUT2D eigenvalue weighted by molar-refractivity contribution is 9.10. The molecule has 0 aliphatic carbocycles. The average Bonchev–Trinajstić information content (AvgIpc) is 3.24. The number of nitrogens with zero attached hydrogens (tertiary/aromatic N) is 1. The second-order valence-electron chi connectivity index (χ2n) is 5.49. The molecule has 0 unspecified atom stereocenters. The zero-order valence-corrected chi connectivity index (χ0v) is 17.1. The number of esters is 1. The maximum Gasteiger partial charge on any atom is 0.353 e. The Bertz CT molecular complexity index is 1020. The number of thiophene rings is 1. The van der Waals surface area contributed by atoms with Gasteiger partial charge in [0.05, 0.1) is 13.3 Å². The van der Waals surface area contributed by atoms with Crippen LogP contribution >= 0.6 is 27.3 Å². The molecule has 2 aromatic carbocycles. The van der Waals surface area contributed by atoms with E-state index in [4.69, 9.17) is 9.47 Å². The Morgan fingerprint density at radius 3 is 2.68 bits per heavy atom. The summed E-state index contributed by atoms with van der Waals surface area (Å²) in [6, 6.07) is 15.4. The molecule has 3 rings (SSSR count). The van der Waals surface area contributed by atoms with Crippen LogP contribution in [0.3, 0.4) is 0 Å². The molecule has 1 N–H and O–H groups in total. The van der Waals surface area contributed by atoms with E-state index < -0.39 is 5.97 Å². The van der Waals surface area contributed by atoms with E-state index in [-0.39, 0.29) is 5.91 Å². The lowest BCUT2D eigenvalue weighted by atomic mass is 10.2. The minimum atomic E-state index is -0.448. The topological polar surface area (TPSA) is 77.0 Å². The molecule has 1 heterocycles. The highest BCUT2D eigenvalue weighted by Gasteiger charge is 2.13. The molecular weight excluding hydrogens is 444 g/mol. The van der Waals surface area contributed by atoms with Gasteiger partial charge >= 0.3 is 5.97 Å². The molecule has 28 heavy (non-hydrogen) atoms. The Morgan fingerprint density at radius 1 is 1.11 bits per heavy atom. The molecule has 0 fully saturated rings. The first-order chi connectivity index (χ1) is 13.6. The van der Waals surface area contributed by atoms with Gasteiger partial charge in [-0.15, -0.1) is 11.3 Å². The molecule has 3 aromatic rings. The fraction of sp³-hybridized carbons (Fsp3) is 0.0500. The molecule has 0 spiro atoms. The van der Waals surface area contributed by atoms with E-state index in [1.165, 1.54) is 24.7 Å². The summed E-state index contributed by atoms with van der Waals surface area (Å²) >= 11 is 4.62. The molecule has 0 atom stereocenters. The molecule has 0 aliphatic rings. The molecule has 6 nitrogen and oxygen atoms in total. The van der Waals surface area contributed by atoms with Gasteiger partial charge in [0.25, 0.3) is 5.91 Å². The van der Waals surface area contributed by atoms with Crippen LogP contribution in [0, 0.1) is 0 Å². The van der Waals surface area contributed by atoms with Crippen molar-refractivity contribution in [2.75, 3.05) is 7.11 Å². The number of hydrogen-bond acceptors (Lipinski definition) is 6. The second-order valence-corrected chi connectivity index (χ2v) is 7.35. The van der Waals surface area contributed by atoms with Crippen molar-refractivity contribution in [3.05, 3.63) is 80.5 Å². The molecule has 0 saturated heterocycles.